The van der Waals surface area contributed by atoms with Gasteiger partial charge < -0.3 is 120 Å². The van der Waals surface area contributed by atoms with Crippen LogP contribution in [0.3, 0.4) is 0 Å². The maximum absolute atomic E-state index is 11.6. The topological polar surface area (TPSA) is 328 Å². The molecule has 0 radical (unpaired) electrons. The molecule has 0 bridgehead atoms. The average molecular weight is 2090 g/mol. The van der Waals surface area contributed by atoms with Crippen LogP contribution in [0.25, 0.3) is 0 Å². The molecule has 8 aliphatic carbocycles. The van der Waals surface area contributed by atoms with E-state index in [4.69, 9.17) is 105 Å². The van der Waals surface area contributed by atoms with E-state index in [1.54, 1.807) is 48.5 Å². The third-order valence-electron chi connectivity index (χ3n) is 24.8. The van der Waals surface area contributed by atoms with E-state index in [1.807, 2.05) is 19.0 Å². The van der Waals surface area contributed by atoms with Gasteiger partial charge in [0.05, 0.1) is 59.0 Å². The van der Waals surface area contributed by atoms with Crippen molar-refractivity contribution >= 4 is 0 Å². The molecule has 8 aliphatic rings. The summed E-state index contributed by atoms with van der Waals surface area (Å²) < 4.78 is 511. The Labute approximate surface area is 964 Å². The summed E-state index contributed by atoms with van der Waals surface area (Å²) in [5, 5.41) is 121. The Balaban J connectivity index is 0.000000257. The minimum Gasteiger partial charge on any atom is -0.508 e. The van der Waals surface area contributed by atoms with Crippen LogP contribution in [-0.4, -0.2) is 296 Å². The fraction of sp³-hybridized carbons (Fsp3) is 0.607. The molecule has 8 aromatic carbocycles. The van der Waals surface area contributed by atoms with Crippen LogP contribution >= 0.6 is 0 Å². The van der Waals surface area contributed by atoms with Gasteiger partial charge in [-0.15, -0.1) is 0 Å². The molecule has 0 heterocycles. The number of benzene rings is 8. The molecule has 812 valence electrons. The first-order valence-electron chi connectivity index (χ1n) is 78.8. The van der Waals surface area contributed by atoms with Gasteiger partial charge in [-0.05, 0) is 356 Å². The number of phenolic OH excluding ortho intramolecular Hbond substituents is 6. The van der Waals surface area contributed by atoms with Crippen molar-refractivity contribution in [2.24, 2.45) is 47.2 Å². The van der Waals surface area contributed by atoms with E-state index in [0.717, 1.165) is 37.2 Å². The van der Waals surface area contributed by atoms with Crippen molar-refractivity contribution in [2.45, 2.75) is 250 Å². The monoisotopic (exact) mass is 2080 g/mol. The zero-order valence-electron chi connectivity index (χ0n) is 147. The molecular formula is C122H188N8O16. The quantitative estimate of drug-likeness (QED) is 0.0192. The van der Waals surface area contributed by atoms with Gasteiger partial charge in [0.1, 0.15) is 46.0 Å². The van der Waals surface area contributed by atoms with Crippen LogP contribution in [0, 0.1) is 47.2 Å². The molecule has 0 saturated heterocycles. The molecule has 8 saturated carbocycles. The van der Waals surface area contributed by atoms with Gasteiger partial charge in [-0.2, -0.15) is 0 Å². The largest absolute Gasteiger partial charge is 0.508 e. The van der Waals surface area contributed by atoms with E-state index < -0.39 is 253 Å². The lowest BCUT2D eigenvalue weighted by Crippen LogP contribution is -2.43. The van der Waals surface area contributed by atoms with Gasteiger partial charge >= 0.3 is 0 Å². The summed E-state index contributed by atoms with van der Waals surface area (Å²) >= 11 is 0. The molecule has 0 aliphatic heterocycles. The van der Waals surface area contributed by atoms with Crippen molar-refractivity contribution in [2.75, 3.05) is 179 Å². The molecule has 16 rings (SSSR count). The van der Waals surface area contributed by atoms with Gasteiger partial charge in [0, 0.05) is 177 Å². The molecule has 8 aromatic rings. The summed E-state index contributed by atoms with van der Waals surface area (Å²) in [6.45, 7) is -39.6. The van der Waals surface area contributed by atoms with E-state index in [2.05, 4.69) is 15.3 Å². The van der Waals surface area contributed by atoms with E-state index in [9.17, 15) is 46.0 Å². The molecule has 0 aromatic heterocycles. The molecular weight excluding hydrogens is 1830 g/mol. The zero-order valence-corrected chi connectivity index (χ0v) is 84.8. The number of phenols is 6. The highest BCUT2D eigenvalue weighted by molar-refractivity contribution is 5.40. The average Bonchev–Trinajstić information content (AvgIpc) is 0.681. The highest BCUT2D eigenvalue weighted by Gasteiger charge is 2.49. The summed E-state index contributed by atoms with van der Waals surface area (Å²) in [6.07, 6.45) is -18.0. The van der Waals surface area contributed by atoms with Crippen LogP contribution in [-0.2, 0) is 44.8 Å². The summed E-state index contributed by atoms with van der Waals surface area (Å²) in [7, 11) is 15.9. The summed E-state index contributed by atoms with van der Waals surface area (Å²) in [5.41, 5.74) is -19.9. The first-order valence-corrected chi connectivity index (χ1v) is 48.3. The van der Waals surface area contributed by atoms with Crippen molar-refractivity contribution in [3.63, 3.8) is 0 Å². The Hall–Kier alpha value is -8.48. The van der Waals surface area contributed by atoms with E-state index in [-0.39, 0.29) is 184 Å². The third kappa shape index (κ3) is 34.3. The number of hydrogen-bond acceptors (Lipinski definition) is 24. The standard InChI is InChI=1S/2C16H25NO2.6C15H23NO2/c2*1-17(2)12-14-7-4-5-10-16(14,18)13-8-6-9-15(11-13)19-3;6*1-16(2)11-13-6-3-4-9-15(13,18)12-7-5-8-14(17)10-12/h2*6,8-9,11,14,18H,4-5,7,10,12H2,1-3H3;6*5,7-8,10,13,17-18H,3-4,6,9,11H2,1-2H3/t2*14-,16+;6*13-,15+/m00000000/s1/i1D3,10D2,14D,18D;10D2,14D,18D;2*1D3,2D3,9D2,11D2,13D;2*1D3,9D2,11D2,13D;2*9D2,11D2,13D/hD3. The number of aromatic hydroxyl groups is 6. The fourth-order valence-corrected chi connectivity index (χ4v) is 18.1. The Morgan fingerprint density at radius 3 is 0.678 bits per heavy atom. The smallest absolute Gasteiger partial charge is 0.293 e. The number of methoxy groups -OCH3 is 2. The second kappa shape index (κ2) is 57.1. The van der Waals surface area contributed by atoms with Gasteiger partial charge in [0.2, 0.25) is 2.86 Å². The second-order valence-electron chi connectivity index (χ2n) is 37.0. The lowest BCUT2D eigenvalue weighted by atomic mass is 9.71. The molecule has 14 N–H and O–H groups in total. The lowest BCUT2D eigenvalue weighted by Gasteiger charge is -2.41. The lowest BCUT2D eigenvalue weighted by molar-refractivity contribution is -0.0621. The van der Waals surface area contributed by atoms with Crippen LogP contribution in [0.5, 0.6) is 46.0 Å². The highest BCUT2D eigenvalue weighted by atomic mass is 16.5. The Bertz CT molecular complexity index is 8010. The highest BCUT2D eigenvalue weighted by Crippen LogP contribution is 2.51. The molecule has 24 nitrogen and oxygen atoms in total. The number of ether oxygens (including phenoxy) is 2. The SMILES string of the molecule is [2H]C([2H])(N(C)C)[C@]1([2H])CCCC([2H])([2H])[C@@]1(O)c1cccc(O)c1.[2H]C([2H])([2H])N(C([2H])([2H])[2H])C([2H])([2H])[C@]1([2H])CCCC([2H])([2H])[C@@]1(O)c1cccc(O)c1.[2H]C([2H])([2H])N(C)C([2H])([2H])[C@]1([2H])CCCC([2H])([2H])[C@@]1(O)c1cccc(O)c1.[2H]O[C@@]1(c2cccc(OC)c2)C([2H])([2H])CCC[C@@]1([2H])CN(C)C.[2H]O[C@@]1(c2cccc(OC)c2)C([2H])([2H])CCC[C@@]1([2H])CN(C)C([2H])([2H])[2H].[2H]Oc1cccc([C@]2(O)C([2H])([2H])CCC[C@@]2([2H])C([2H])([2H])N(C([2H])([2H])[2H])C([2H])([2H])[2H])c1.[2H]Oc1cccc([C@]2(O)C([2H])([2H])CCC[C@@]2([2H])C([2H])([2H])N(C)C([2H])([2H])[2H])c1.[2H]Oc1cccc([C@]2(O)C([2H])([2H])CCC[C@@]2([2H])C([2H])([2H])N(C)C)c1. The number of rotatable bonds is 31. The Morgan fingerprint density at radius 2 is 0.459 bits per heavy atom. The van der Waals surface area contributed by atoms with Crippen LogP contribution in [0.4, 0.5) is 0 Å². The van der Waals surface area contributed by atoms with Crippen LogP contribution in [0.1, 0.15) is 328 Å². The molecule has 16 atom stereocenters. The minimum absolute atomic E-state index is 0.000149. The fourth-order valence-electron chi connectivity index (χ4n) is 18.1. The van der Waals surface area contributed by atoms with Gasteiger partial charge in [-0.25, -0.2) is 0 Å². The van der Waals surface area contributed by atoms with Crippen molar-refractivity contribution in [1.82, 2.24) is 39.2 Å². The first-order chi connectivity index (χ1) is 93.9. The molecule has 0 spiro atoms. The predicted octanol–water partition coefficient (Wildman–Crippen LogP) is 19.3. The Kier molecular flexibility index (Phi) is 23.3. The maximum atomic E-state index is 11.6. The first kappa shape index (κ1) is 59.5. The van der Waals surface area contributed by atoms with E-state index in [0.29, 0.717) is 71.1 Å². The summed E-state index contributed by atoms with van der Waals surface area (Å²) in [5.74, 6) is -18.1. The van der Waals surface area contributed by atoms with Gasteiger partial charge in [0.25, 0.3) is 4.29 Å². The second-order valence-corrected chi connectivity index (χ2v) is 37.0. The molecule has 24 heteroatoms. The van der Waals surface area contributed by atoms with Crippen molar-refractivity contribution < 1.29 is 159 Å². The van der Waals surface area contributed by atoms with E-state index >= 15 is 0 Å². The third-order valence-corrected chi connectivity index (χ3v) is 24.8. The number of aliphatic hydroxyl groups is 8. The molecule has 0 amide bonds. The maximum Gasteiger partial charge on any atom is 0.293 e. The normalized spacial score (nSPS) is 42.4. The van der Waals surface area contributed by atoms with Crippen LogP contribution in [0.2, 0.25) is 0 Å². The van der Waals surface area contributed by atoms with Gasteiger partial charge in [-0.3, -0.25) is 0 Å². The van der Waals surface area contributed by atoms with E-state index in [1.165, 1.54) is 187 Å². The van der Waals surface area contributed by atoms with Crippen molar-refractivity contribution in [3.05, 3.63) is 239 Å². The predicted molar refractivity (Wildman–Crippen MR) is 590 cm³/mol. The van der Waals surface area contributed by atoms with Gasteiger partial charge in [0.15, 0.2) is 0 Å². The van der Waals surface area contributed by atoms with Crippen molar-refractivity contribution in [3.8, 4) is 46.0 Å². The van der Waals surface area contributed by atoms with Crippen LogP contribution in [0.15, 0.2) is 194 Å². The number of nitrogens with zero attached hydrogens (tertiary/aromatic N) is 8. The molecule has 0 unspecified atom stereocenters. The molecule has 8 fully saturated rings. The Morgan fingerprint density at radius 1 is 0.260 bits per heavy atom. The number of hydrogen-bond donors (Lipinski definition) is 14. The zero-order chi connectivity index (χ0) is 160. The minimum atomic E-state index is -3.52. The van der Waals surface area contributed by atoms with Crippen molar-refractivity contribution in [1.29, 1.82) is 7.16 Å². The van der Waals surface area contributed by atoms with Crippen LogP contribution < -0.4 is 9.47 Å². The summed E-state index contributed by atoms with van der Waals surface area (Å²) in [4.78, 5) is 5.16. The summed E-state index contributed by atoms with van der Waals surface area (Å²) in [6, 6.07) is 44.4. The van der Waals surface area contributed by atoms with Gasteiger partial charge in [-0.1, -0.05) is 200 Å². The molecule has 146 heavy (non-hydrogen) atoms.